The first-order chi connectivity index (χ1) is 5.24. The van der Waals surface area contributed by atoms with Crippen molar-refractivity contribution in [1.29, 1.82) is 0 Å². The van der Waals surface area contributed by atoms with Crippen LogP contribution in [0, 0.1) is 13.8 Å². The molecule has 0 aliphatic rings. The molecular weight excluding hydrogens is 154 g/mol. The molecule has 60 valence electrons. The van der Waals surface area contributed by atoms with Gasteiger partial charge in [-0.3, -0.25) is 0 Å². The quantitative estimate of drug-likeness (QED) is 0.679. The van der Waals surface area contributed by atoms with E-state index in [-0.39, 0.29) is 0 Å². The van der Waals surface area contributed by atoms with Gasteiger partial charge in [0.2, 0.25) is 0 Å². The van der Waals surface area contributed by atoms with Crippen LogP contribution in [-0.4, -0.2) is 6.26 Å². The molecule has 1 aromatic rings. The van der Waals surface area contributed by atoms with Crippen molar-refractivity contribution in [2.24, 2.45) is 0 Å². The molecule has 0 bridgehead atoms. The second-order valence-electron chi connectivity index (χ2n) is 2.61. The van der Waals surface area contributed by atoms with Crippen molar-refractivity contribution in [2.45, 2.75) is 13.8 Å². The van der Waals surface area contributed by atoms with Gasteiger partial charge < -0.3 is 4.72 Å². The third-order valence-corrected chi connectivity index (χ3v) is 2.17. The van der Waals surface area contributed by atoms with E-state index in [2.05, 4.69) is 36.8 Å². The van der Waals surface area contributed by atoms with E-state index in [1.165, 1.54) is 16.8 Å². The molecule has 0 atom stereocenters. The van der Waals surface area contributed by atoms with Crippen LogP contribution in [0.1, 0.15) is 11.1 Å². The van der Waals surface area contributed by atoms with E-state index < -0.39 is 0 Å². The van der Waals surface area contributed by atoms with Crippen LogP contribution in [0.25, 0.3) is 0 Å². The summed E-state index contributed by atoms with van der Waals surface area (Å²) in [4.78, 5) is 0. The molecule has 0 fully saturated rings. The fourth-order valence-electron chi connectivity index (χ4n) is 0.923. The first-order valence-electron chi connectivity index (χ1n) is 3.60. The number of benzene rings is 1. The Morgan fingerprint density at radius 2 is 1.91 bits per heavy atom. The Hall–Kier alpha value is -0.630. The Bertz CT molecular complexity index is 245. The van der Waals surface area contributed by atoms with Gasteiger partial charge in [0.05, 0.1) is 0 Å². The van der Waals surface area contributed by atoms with Gasteiger partial charge in [0.1, 0.15) is 0 Å². The summed E-state index contributed by atoms with van der Waals surface area (Å²) < 4.78 is 3.19. The largest absolute Gasteiger partial charge is 0.330 e. The van der Waals surface area contributed by atoms with Gasteiger partial charge in [0.15, 0.2) is 0 Å². The molecule has 0 aliphatic carbocycles. The van der Waals surface area contributed by atoms with Gasteiger partial charge >= 0.3 is 0 Å². The molecule has 0 amide bonds. The van der Waals surface area contributed by atoms with Crippen LogP contribution in [0.5, 0.6) is 0 Å². The summed E-state index contributed by atoms with van der Waals surface area (Å²) >= 11 is 1.62. The summed E-state index contributed by atoms with van der Waals surface area (Å²) in [6.07, 6.45) is 2.02. The molecule has 0 radical (unpaired) electrons. The lowest BCUT2D eigenvalue weighted by molar-refractivity contribution is 1.34. The number of hydrogen-bond acceptors (Lipinski definition) is 2. The molecule has 11 heavy (non-hydrogen) atoms. The lowest BCUT2D eigenvalue weighted by Gasteiger charge is -2.04. The lowest BCUT2D eigenvalue weighted by Crippen LogP contribution is -1.86. The van der Waals surface area contributed by atoms with Crippen LogP contribution >= 0.6 is 11.9 Å². The second kappa shape index (κ2) is 3.67. The molecule has 0 aromatic heterocycles. The molecule has 1 rings (SSSR count). The third-order valence-electron chi connectivity index (χ3n) is 1.73. The highest BCUT2D eigenvalue weighted by molar-refractivity contribution is 7.99. The molecule has 0 unspecified atom stereocenters. The molecular formula is C9H13NS. The highest BCUT2D eigenvalue weighted by Crippen LogP contribution is 2.15. The Morgan fingerprint density at radius 3 is 2.45 bits per heavy atom. The Kier molecular flexibility index (Phi) is 2.83. The van der Waals surface area contributed by atoms with Crippen molar-refractivity contribution in [3.63, 3.8) is 0 Å². The third kappa shape index (κ3) is 2.15. The highest BCUT2D eigenvalue weighted by Gasteiger charge is 1.93. The topological polar surface area (TPSA) is 12.0 Å². The van der Waals surface area contributed by atoms with Crippen molar-refractivity contribution in [1.82, 2.24) is 0 Å². The normalized spacial score (nSPS) is 9.73. The number of rotatable bonds is 2. The van der Waals surface area contributed by atoms with Crippen molar-refractivity contribution in [3.05, 3.63) is 29.3 Å². The number of hydrogen-bond donors (Lipinski definition) is 1. The summed E-state index contributed by atoms with van der Waals surface area (Å²) in [5, 5.41) is 0. The van der Waals surface area contributed by atoms with Gasteiger partial charge in [-0.2, -0.15) is 0 Å². The van der Waals surface area contributed by atoms with Crippen molar-refractivity contribution < 1.29 is 0 Å². The van der Waals surface area contributed by atoms with Crippen molar-refractivity contribution in [3.8, 4) is 0 Å². The number of anilines is 1. The molecule has 2 heteroatoms. The van der Waals surface area contributed by atoms with E-state index in [9.17, 15) is 0 Å². The molecule has 1 N–H and O–H groups in total. The van der Waals surface area contributed by atoms with Crippen LogP contribution in [0.2, 0.25) is 0 Å². The Morgan fingerprint density at radius 1 is 1.18 bits per heavy atom. The van der Waals surface area contributed by atoms with Crippen LogP contribution < -0.4 is 4.72 Å². The number of aryl methyl sites for hydroxylation is 2. The van der Waals surface area contributed by atoms with E-state index in [4.69, 9.17) is 0 Å². The summed E-state index contributed by atoms with van der Waals surface area (Å²) in [7, 11) is 0. The van der Waals surface area contributed by atoms with E-state index in [0.717, 1.165) is 0 Å². The van der Waals surface area contributed by atoms with Gasteiger partial charge in [0.25, 0.3) is 0 Å². The first-order valence-corrected chi connectivity index (χ1v) is 4.83. The maximum atomic E-state index is 3.19. The molecule has 0 saturated heterocycles. The molecule has 0 aliphatic heterocycles. The maximum Gasteiger partial charge on any atom is 0.0442 e. The first kappa shape index (κ1) is 8.47. The summed E-state index contributed by atoms with van der Waals surface area (Å²) in [5.74, 6) is 0. The second-order valence-corrected chi connectivity index (χ2v) is 3.22. The average Bonchev–Trinajstić information content (AvgIpc) is 1.98. The maximum absolute atomic E-state index is 3.19. The summed E-state index contributed by atoms with van der Waals surface area (Å²) in [5.41, 5.74) is 3.86. The zero-order valence-corrected chi connectivity index (χ0v) is 7.96. The molecule has 1 aromatic carbocycles. The zero-order chi connectivity index (χ0) is 8.27. The van der Waals surface area contributed by atoms with Crippen molar-refractivity contribution in [2.75, 3.05) is 11.0 Å². The molecule has 0 heterocycles. The summed E-state index contributed by atoms with van der Waals surface area (Å²) in [6, 6.07) is 6.39. The minimum absolute atomic E-state index is 1.18. The van der Waals surface area contributed by atoms with Gasteiger partial charge in [-0.25, -0.2) is 0 Å². The minimum atomic E-state index is 1.18. The molecule has 1 nitrogen and oxygen atoms in total. The van der Waals surface area contributed by atoms with Gasteiger partial charge in [-0.05, 0) is 37.1 Å². The smallest absolute Gasteiger partial charge is 0.0442 e. The van der Waals surface area contributed by atoms with E-state index in [1.807, 2.05) is 6.26 Å². The summed E-state index contributed by atoms with van der Waals surface area (Å²) in [6.45, 7) is 4.25. The average molecular weight is 167 g/mol. The Labute approximate surface area is 72.3 Å². The fraction of sp³-hybridized carbons (Fsp3) is 0.333. The van der Waals surface area contributed by atoms with E-state index >= 15 is 0 Å². The standard InChI is InChI=1S/C9H13NS/c1-7-4-5-9(10-11-3)6-8(7)2/h4-6,10H,1-3H3. The predicted molar refractivity (Wildman–Crippen MR) is 53.1 cm³/mol. The van der Waals surface area contributed by atoms with E-state index in [1.54, 1.807) is 11.9 Å². The van der Waals surface area contributed by atoms with Crippen LogP contribution in [0.15, 0.2) is 18.2 Å². The molecule has 0 saturated carbocycles. The monoisotopic (exact) mass is 167 g/mol. The van der Waals surface area contributed by atoms with Gasteiger partial charge in [-0.1, -0.05) is 18.0 Å². The highest BCUT2D eigenvalue weighted by atomic mass is 32.2. The van der Waals surface area contributed by atoms with Gasteiger partial charge in [0, 0.05) is 11.9 Å². The van der Waals surface area contributed by atoms with Crippen LogP contribution in [0.3, 0.4) is 0 Å². The fourth-order valence-corrected chi connectivity index (χ4v) is 1.29. The zero-order valence-electron chi connectivity index (χ0n) is 7.14. The Balaban J connectivity index is 2.86. The van der Waals surface area contributed by atoms with Crippen LogP contribution in [-0.2, 0) is 0 Å². The van der Waals surface area contributed by atoms with Gasteiger partial charge in [-0.15, -0.1) is 0 Å². The number of nitrogens with one attached hydrogen (secondary N) is 1. The lowest BCUT2D eigenvalue weighted by atomic mass is 10.1. The van der Waals surface area contributed by atoms with Crippen LogP contribution in [0.4, 0.5) is 5.69 Å². The molecule has 0 spiro atoms. The SMILES string of the molecule is CSNc1ccc(C)c(C)c1. The predicted octanol–water partition coefficient (Wildman–Crippen LogP) is 2.99. The van der Waals surface area contributed by atoms with Crippen molar-refractivity contribution >= 4 is 17.6 Å². The van der Waals surface area contributed by atoms with E-state index in [0.29, 0.717) is 0 Å². The minimum Gasteiger partial charge on any atom is -0.330 e.